The van der Waals surface area contributed by atoms with E-state index in [0.29, 0.717) is 0 Å². The van der Waals surface area contributed by atoms with Gasteiger partial charge < -0.3 is 5.32 Å². The summed E-state index contributed by atoms with van der Waals surface area (Å²) in [5.41, 5.74) is 2.68. The van der Waals surface area contributed by atoms with Gasteiger partial charge in [0.25, 0.3) is 0 Å². The number of aryl methyl sites for hydroxylation is 1. The largest absolute Gasteiger partial charge is 0.316 e. The van der Waals surface area contributed by atoms with E-state index < -0.39 is 0 Å². The van der Waals surface area contributed by atoms with Gasteiger partial charge in [-0.15, -0.1) is 0 Å². The summed E-state index contributed by atoms with van der Waals surface area (Å²) >= 11 is 0. The maximum absolute atomic E-state index is 3.16. The van der Waals surface area contributed by atoms with Crippen LogP contribution >= 0.6 is 0 Å². The first-order valence-corrected chi connectivity index (χ1v) is 4.94. The molecule has 0 atom stereocenters. The van der Waals surface area contributed by atoms with Crippen LogP contribution in [0.5, 0.6) is 0 Å². The third kappa shape index (κ3) is 1.64. The Labute approximate surface area is 84.8 Å². The van der Waals surface area contributed by atoms with Gasteiger partial charge in [0.2, 0.25) is 0 Å². The van der Waals surface area contributed by atoms with Gasteiger partial charge in [0.05, 0.1) is 0 Å². The molecule has 0 saturated heterocycles. The summed E-state index contributed by atoms with van der Waals surface area (Å²) < 4.78 is 0. The summed E-state index contributed by atoms with van der Waals surface area (Å²) in [5, 5.41) is 5.85. The highest BCUT2D eigenvalue weighted by molar-refractivity contribution is 5.86. The lowest BCUT2D eigenvalue weighted by Gasteiger charge is -2.04. The molecule has 0 heterocycles. The van der Waals surface area contributed by atoms with Crippen molar-refractivity contribution in [3.63, 3.8) is 0 Å². The Morgan fingerprint density at radius 3 is 2.79 bits per heavy atom. The van der Waals surface area contributed by atoms with E-state index in [1.807, 2.05) is 7.05 Å². The normalized spacial score (nSPS) is 10.7. The van der Waals surface area contributed by atoms with E-state index in [4.69, 9.17) is 0 Å². The molecule has 1 nitrogen and oxygen atoms in total. The summed E-state index contributed by atoms with van der Waals surface area (Å²) in [6.07, 6.45) is 0. The Hall–Kier alpha value is -1.34. The highest BCUT2D eigenvalue weighted by atomic mass is 14.8. The molecule has 0 unspecified atom stereocenters. The van der Waals surface area contributed by atoms with Crippen molar-refractivity contribution >= 4 is 10.8 Å². The summed E-state index contributed by atoms with van der Waals surface area (Å²) in [6, 6.07) is 13.1. The number of hydrogen-bond acceptors (Lipinski definition) is 1. The Balaban J connectivity index is 2.56. The van der Waals surface area contributed by atoms with Crippen molar-refractivity contribution in [2.45, 2.75) is 13.5 Å². The molecule has 2 aromatic carbocycles. The third-order valence-corrected chi connectivity index (χ3v) is 2.54. The molecule has 0 amide bonds. The molecule has 0 aliphatic heterocycles. The lowest BCUT2D eigenvalue weighted by molar-refractivity contribution is 0.819. The van der Waals surface area contributed by atoms with Crippen LogP contribution in [0, 0.1) is 6.92 Å². The van der Waals surface area contributed by atoms with Crippen molar-refractivity contribution in [3.05, 3.63) is 47.5 Å². The fourth-order valence-electron chi connectivity index (χ4n) is 1.81. The van der Waals surface area contributed by atoms with E-state index in [1.54, 1.807) is 0 Å². The number of hydrogen-bond donors (Lipinski definition) is 1. The maximum Gasteiger partial charge on any atom is 0.0202 e. The number of benzene rings is 2. The molecule has 2 aromatic rings. The van der Waals surface area contributed by atoms with Gasteiger partial charge in [-0.3, -0.25) is 0 Å². The third-order valence-electron chi connectivity index (χ3n) is 2.54. The Morgan fingerprint density at radius 2 is 2.00 bits per heavy atom. The minimum Gasteiger partial charge on any atom is -0.316 e. The van der Waals surface area contributed by atoms with Crippen LogP contribution in [-0.4, -0.2) is 7.05 Å². The zero-order valence-electron chi connectivity index (χ0n) is 8.67. The monoisotopic (exact) mass is 185 g/mol. The second-order valence-corrected chi connectivity index (χ2v) is 3.66. The Kier molecular flexibility index (Phi) is 2.51. The van der Waals surface area contributed by atoms with E-state index in [1.165, 1.54) is 21.9 Å². The Bertz CT molecular complexity index is 446. The molecule has 0 fully saturated rings. The highest BCUT2D eigenvalue weighted by Gasteiger charge is 1.97. The van der Waals surface area contributed by atoms with E-state index in [-0.39, 0.29) is 0 Å². The van der Waals surface area contributed by atoms with Crippen molar-refractivity contribution in [3.8, 4) is 0 Å². The zero-order chi connectivity index (χ0) is 9.97. The predicted octanol–water partition coefficient (Wildman–Crippen LogP) is 2.87. The van der Waals surface area contributed by atoms with Crippen LogP contribution < -0.4 is 5.32 Å². The standard InChI is InChI=1S/C13H15N/c1-10-4-3-5-12-8-11(9-14-2)6-7-13(10)12/h3-8,14H,9H2,1-2H3. The van der Waals surface area contributed by atoms with Crippen LogP contribution in [0.3, 0.4) is 0 Å². The first-order valence-electron chi connectivity index (χ1n) is 4.94. The summed E-state index contributed by atoms with van der Waals surface area (Å²) in [7, 11) is 1.97. The molecule has 1 N–H and O–H groups in total. The van der Waals surface area contributed by atoms with E-state index >= 15 is 0 Å². The topological polar surface area (TPSA) is 12.0 Å². The molecule has 0 aliphatic carbocycles. The molecule has 1 heteroatoms. The first kappa shape index (κ1) is 9.22. The smallest absolute Gasteiger partial charge is 0.0202 e. The van der Waals surface area contributed by atoms with Gasteiger partial charge in [-0.2, -0.15) is 0 Å². The van der Waals surface area contributed by atoms with Gasteiger partial charge in [-0.1, -0.05) is 30.3 Å². The zero-order valence-corrected chi connectivity index (χ0v) is 8.67. The molecule has 14 heavy (non-hydrogen) atoms. The summed E-state index contributed by atoms with van der Waals surface area (Å²) in [5.74, 6) is 0. The molecule has 0 radical (unpaired) electrons. The molecule has 0 bridgehead atoms. The van der Waals surface area contributed by atoms with Crippen molar-refractivity contribution in [2.75, 3.05) is 7.05 Å². The molecular weight excluding hydrogens is 170 g/mol. The second-order valence-electron chi connectivity index (χ2n) is 3.66. The van der Waals surface area contributed by atoms with E-state index in [9.17, 15) is 0 Å². The van der Waals surface area contributed by atoms with Crippen LogP contribution in [0.15, 0.2) is 36.4 Å². The second kappa shape index (κ2) is 3.81. The SMILES string of the molecule is CNCc1ccc2c(C)cccc2c1. The molecule has 2 rings (SSSR count). The first-order chi connectivity index (χ1) is 6.81. The molecule has 0 spiro atoms. The maximum atomic E-state index is 3.16. The van der Waals surface area contributed by atoms with Gasteiger partial charge in [0, 0.05) is 6.54 Å². The van der Waals surface area contributed by atoms with Crippen LogP contribution in [-0.2, 0) is 6.54 Å². The van der Waals surface area contributed by atoms with Crippen LogP contribution in [0.25, 0.3) is 10.8 Å². The lowest BCUT2D eigenvalue weighted by atomic mass is 10.0. The highest BCUT2D eigenvalue weighted by Crippen LogP contribution is 2.19. The summed E-state index contributed by atoms with van der Waals surface area (Å²) in [4.78, 5) is 0. The van der Waals surface area contributed by atoms with Crippen molar-refractivity contribution in [1.82, 2.24) is 5.32 Å². The molecule has 0 aromatic heterocycles. The van der Waals surface area contributed by atoms with Crippen LogP contribution in [0.2, 0.25) is 0 Å². The average molecular weight is 185 g/mol. The van der Waals surface area contributed by atoms with Crippen LogP contribution in [0.1, 0.15) is 11.1 Å². The molecule has 0 saturated carbocycles. The van der Waals surface area contributed by atoms with E-state index in [0.717, 1.165) is 6.54 Å². The van der Waals surface area contributed by atoms with Gasteiger partial charge in [0.1, 0.15) is 0 Å². The van der Waals surface area contributed by atoms with Gasteiger partial charge in [0.15, 0.2) is 0 Å². The molecule has 72 valence electrons. The van der Waals surface area contributed by atoms with Crippen molar-refractivity contribution < 1.29 is 0 Å². The van der Waals surface area contributed by atoms with Gasteiger partial charge >= 0.3 is 0 Å². The number of nitrogens with one attached hydrogen (secondary N) is 1. The summed E-state index contributed by atoms with van der Waals surface area (Å²) in [6.45, 7) is 3.09. The fraction of sp³-hybridized carbons (Fsp3) is 0.231. The number of fused-ring (bicyclic) bond motifs is 1. The minimum atomic E-state index is 0.934. The Morgan fingerprint density at radius 1 is 1.14 bits per heavy atom. The van der Waals surface area contributed by atoms with E-state index in [2.05, 4.69) is 48.6 Å². The lowest BCUT2D eigenvalue weighted by Crippen LogP contribution is -2.04. The van der Waals surface area contributed by atoms with Gasteiger partial charge in [-0.05, 0) is 41.9 Å². The quantitative estimate of drug-likeness (QED) is 0.758. The average Bonchev–Trinajstić information content (AvgIpc) is 2.18. The fourth-order valence-corrected chi connectivity index (χ4v) is 1.81. The van der Waals surface area contributed by atoms with Crippen molar-refractivity contribution in [1.29, 1.82) is 0 Å². The van der Waals surface area contributed by atoms with Crippen LogP contribution in [0.4, 0.5) is 0 Å². The minimum absolute atomic E-state index is 0.934. The van der Waals surface area contributed by atoms with Gasteiger partial charge in [-0.25, -0.2) is 0 Å². The predicted molar refractivity (Wildman–Crippen MR) is 61.4 cm³/mol. The van der Waals surface area contributed by atoms with Crippen molar-refractivity contribution in [2.24, 2.45) is 0 Å². The molecular formula is C13H15N. The molecule has 0 aliphatic rings. The number of rotatable bonds is 2.